The Kier molecular flexibility index (Phi) is 6.88. The van der Waals surface area contributed by atoms with Gasteiger partial charge in [-0.15, -0.1) is 0 Å². The minimum absolute atomic E-state index is 0.0881. The maximum absolute atomic E-state index is 13.6. The first kappa shape index (κ1) is 26.1. The number of ketones is 1. The lowest BCUT2D eigenvalue weighted by atomic mass is 9.94. The minimum atomic E-state index is -1.03. The lowest BCUT2D eigenvalue weighted by molar-refractivity contribution is -0.132. The summed E-state index contributed by atoms with van der Waals surface area (Å²) < 4.78 is 22.6. The predicted octanol–water partition coefficient (Wildman–Crippen LogP) is 5.27. The van der Waals surface area contributed by atoms with Crippen LogP contribution in [0.3, 0.4) is 0 Å². The van der Waals surface area contributed by atoms with E-state index in [0.717, 1.165) is 10.3 Å². The fourth-order valence-electron chi connectivity index (χ4n) is 4.63. The quantitative estimate of drug-likeness (QED) is 0.190. The number of ether oxygens (including phenoxy) is 4. The van der Waals surface area contributed by atoms with E-state index >= 15 is 0 Å². The fourth-order valence-corrected chi connectivity index (χ4v) is 5.72. The number of aromatic nitrogens is 1. The van der Waals surface area contributed by atoms with Crippen molar-refractivity contribution in [2.75, 3.05) is 33.3 Å². The van der Waals surface area contributed by atoms with Crippen molar-refractivity contribution in [3.8, 4) is 23.0 Å². The van der Waals surface area contributed by atoms with Gasteiger partial charge in [0.25, 0.3) is 5.78 Å². The number of benzene rings is 3. The van der Waals surface area contributed by atoms with Crippen molar-refractivity contribution >= 4 is 44.1 Å². The van der Waals surface area contributed by atoms with E-state index < -0.39 is 17.7 Å². The molecule has 200 valence electrons. The highest BCUT2D eigenvalue weighted by molar-refractivity contribution is 7.22. The van der Waals surface area contributed by atoms with Gasteiger partial charge >= 0.3 is 5.91 Å². The molecule has 10 heteroatoms. The van der Waals surface area contributed by atoms with E-state index in [-0.39, 0.29) is 11.3 Å². The summed E-state index contributed by atoms with van der Waals surface area (Å²) in [4.78, 5) is 33.2. The molecule has 39 heavy (non-hydrogen) atoms. The number of aliphatic hydroxyl groups excluding tert-OH is 1. The van der Waals surface area contributed by atoms with Crippen LogP contribution in [0.1, 0.15) is 22.7 Å². The van der Waals surface area contributed by atoms with E-state index in [1.54, 1.807) is 36.4 Å². The number of Topliss-reactive ketones (excluding diaryl/α,β-unsaturated/α-hetero) is 1. The molecule has 0 radical (unpaired) electrons. The normalized spacial score (nSPS) is 16.5. The third-order valence-corrected chi connectivity index (χ3v) is 7.57. The number of nitrogens with zero attached hydrogens (tertiary/aromatic N) is 2. The molecular formula is C29H26N2O7S. The van der Waals surface area contributed by atoms with Gasteiger partial charge in [-0.3, -0.25) is 14.5 Å². The monoisotopic (exact) mass is 546 g/mol. The van der Waals surface area contributed by atoms with Crippen LogP contribution in [0.4, 0.5) is 5.13 Å². The number of rotatable bonds is 7. The van der Waals surface area contributed by atoms with Crippen LogP contribution in [-0.4, -0.2) is 50.2 Å². The maximum atomic E-state index is 13.6. The predicted molar refractivity (Wildman–Crippen MR) is 148 cm³/mol. The van der Waals surface area contributed by atoms with Crippen molar-refractivity contribution in [2.24, 2.45) is 0 Å². The summed E-state index contributed by atoms with van der Waals surface area (Å²) in [5.41, 5.74) is 2.47. The highest BCUT2D eigenvalue weighted by Gasteiger charge is 2.48. The highest BCUT2D eigenvalue weighted by Crippen LogP contribution is 2.48. The second-order valence-electron chi connectivity index (χ2n) is 8.82. The number of thiazole rings is 1. The van der Waals surface area contributed by atoms with Gasteiger partial charge in [0.15, 0.2) is 16.6 Å². The van der Waals surface area contributed by atoms with Crippen LogP contribution in [0.5, 0.6) is 23.0 Å². The number of carbonyl (C=O) groups excluding carboxylic acids is 2. The van der Waals surface area contributed by atoms with Gasteiger partial charge in [-0.2, -0.15) is 0 Å². The largest absolute Gasteiger partial charge is 0.507 e. The second-order valence-corrected chi connectivity index (χ2v) is 9.83. The smallest absolute Gasteiger partial charge is 0.301 e. The highest BCUT2D eigenvalue weighted by atomic mass is 32.1. The molecular weight excluding hydrogens is 520 g/mol. The number of hydrogen-bond acceptors (Lipinski definition) is 9. The zero-order valence-electron chi connectivity index (χ0n) is 22.0. The van der Waals surface area contributed by atoms with Crippen molar-refractivity contribution in [1.29, 1.82) is 0 Å². The lowest BCUT2D eigenvalue weighted by Gasteiger charge is -2.24. The first-order chi connectivity index (χ1) is 18.8. The summed E-state index contributed by atoms with van der Waals surface area (Å²) in [6, 6.07) is 14.6. The Morgan fingerprint density at radius 3 is 2.15 bits per heavy atom. The molecule has 1 aromatic heterocycles. The summed E-state index contributed by atoms with van der Waals surface area (Å²) in [5, 5.41) is 11.8. The molecule has 4 aromatic rings. The molecule has 0 bridgehead atoms. The summed E-state index contributed by atoms with van der Waals surface area (Å²) in [6.07, 6.45) is 0. The molecule has 1 aliphatic rings. The number of fused-ring (bicyclic) bond motifs is 1. The Morgan fingerprint density at radius 2 is 1.56 bits per heavy atom. The summed E-state index contributed by atoms with van der Waals surface area (Å²) in [5.74, 6) is -0.362. The van der Waals surface area contributed by atoms with Crippen LogP contribution >= 0.6 is 11.3 Å². The third-order valence-electron chi connectivity index (χ3n) is 6.55. The standard InChI is InChI=1S/C29H26N2O7S/c1-15-6-11-19-22(12-15)39-29(30-19)31-24(17-13-20(36-3)27(38-5)21(14-17)37-4)23(26(33)28(31)34)25(32)16-7-9-18(35-2)10-8-16/h6-14,24,32H,1-5H3/t24-/m0/s1. The number of hydrogen-bond donors (Lipinski definition) is 1. The molecule has 1 amide bonds. The van der Waals surface area contributed by atoms with E-state index in [2.05, 4.69) is 4.98 Å². The molecule has 2 heterocycles. The molecule has 9 nitrogen and oxygen atoms in total. The first-order valence-corrected chi connectivity index (χ1v) is 12.8. The zero-order valence-corrected chi connectivity index (χ0v) is 22.8. The number of methoxy groups -OCH3 is 4. The molecule has 3 aromatic carbocycles. The Morgan fingerprint density at radius 1 is 0.897 bits per heavy atom. The van der Waals surface area contributed by atoms with Gasteiger partial charge in [0, 0.05) is 5.56 Å². The second kappa shape index (κ2) is 10.3. The fraction of sp³-hybridized carbons (Fsp3) is 0.207. The summed E-state index contributed by atoms with van der Waals surface area (Å²) in [6.45, 7) is 1.97. The van der Waals surface area contributed by atoms with Gasteiger partial charge in [0.1, 0.15) is 11.5 Å². The zero-order chi connectivity index (χ0) is 27.8. The maximum Gasteiger partial charge on any atom is 0.301 e. The molecule has 0 unspecified atom stereocenters. The number of aliphatic hydroxyl groups is 1. The Balaban J connectivity index is 1.77. The average molecular weight is 547 g/mol. The van der Waals surface area contributed by atoms with Gasteiger partial charge in [0.05, 0.1) is 50.3 Å². The van der Waals surface area contributed by atoms with Crippen LogP contribution in [0, 0.1) is 6.92 Å². The van der Waals surface area contributed by atoms with E-state index in [1.807, 2.05) is 25.1 Å². The SMILES string of the molecule is COc1ccc(C(O)=C2C(=O)C(=O)N(c3nc4ccc(C)cc4s3)[C@H]2c2cc(OC)c(OC)c(OC)c2)cc1. The number of anilines is 1. The summed E-state index contributed by atoms with van der Waals surface area (Å²) in [7, 11) is 5.97. The molecule has 1 aliphatic heterocycles. The van der Waals surface area contributed by atoms with Crippen molar-refractivity contribution < 1.29 is 33.6 Å². The van der Waals surface area contributed by atoms with Crippen molar-refractivity contribution in [3.05, 3.63) is 76.9 Å². The van der Waals surface area contributed by atoms with Gasteiger partial charge in [-0.25, -0.2) is 4.98 Å². The molecule has 5 rings (SSSR count). The Bertz CT molecular complexity index is 1600. The van der Waals surface area contributed by atoms with Crippen LogP contribution in [0.2, 0.25) is 0 Å². The van der Waals surface area contributed by atoms with E-state index in [0.29, 0.717) is 44.8 Å². The molecule has 1 N–H and O–H groups in total. The number of carbonyl (C=O) groups is 2. The number of amides is 1. The Labute approximate surface area is 228 Å². The molecule has 0 spiro atoms. The van der Waals surface area contributed by atoms with Crippen molar-refractivity contribution in [2.45, 2.75) is 13.0 Å². The van der Waals surface area contributed by atoms with Gasteiger partial charge in [0.2, 0.25) is 5.75 Å². The average Bonchev–Trinajstić information content (AvgIpc) is 3.49. The van der Waals surface area contributed by atoms with Crippen molar-refractivity contribution in [1.82, 2.24) is 4.98 Å². The van der Waals surface area contributed by atoms with Crippen LogP contribution in [0.25, 0.3) is 16.0 Å². The molecule has 1 atom stereocenters. The molecule has 0 aliphatic carbocycles. The molecule has 1 fully saturated rings. The minimum Gasteiger partial charge on any atom is -0.507 e. The molecule has 0 saturated carbocycles. The van der Waals surface area contributed by atoms with Crippen LogP contribution in [0.15, 0.2) is 60.2 Å². The van der Waals surface area contributed by atoms with E-state index in [4.69, 9.17) is 18.9 Å². The third kappa shape index (κ3) is 4.42. The van der Waals surface area contributed by atoms with Gasteiger partial charge < -0.3 is 24.1 Å². The lowest BCUT2D eigenvalue weighted by Crippen LogP contribution is -2.29. The molecule has 1 saturated heterocycles. The topological polar surface area (TPSA) is 107 Å². The van der Waals surface area contributed by atoms with Crippen LogP contribution < -0.4 is 23.8 Å². The number of aryl methyl sites for hydroxylation is 1. The van der Waals surface area contributed by atoms with Gasteiger partial charge in [-0.05, 0) is 66.6 Å². The van der Waals surface area contributed by atoms with Gasteiger partial charge in [-0.1, -0.05) is 17.4 Å². The van der Waals surface area contributed by atoms with Crippen LogP contribution in [-0.2, 0) is 9.59 Å². The Hall–Kier alpha value is -4.57. The summed E-state index contributed by atoms with van der Waals surface area (Å²) >= 11 is 1.29. The van der Waals surface area contributed by atoms with E-state index in [1.165, 1.54) is 44.7 Å². The van der Waals surface area contributed by atoms with Crippen molar-refractivity contribution in [3.63, 3.8) is 0 Å². The van der Waals surface area contributed by atoms with E-state index in [9.17, 15) is 14.7 Å². The first-order valence-electron chi connectivity index (χ1n) is 11.9.